The van der Waals surface area contributed by atoms with E-state index in [9.17, 15) is 14.4 Å². The first-order valence-electron chi connectivity index (χ1n) is 22.3. The summed E-state index contributed by atoms with van der Waals surface area (Å²) < 4.78 is 30.9. The maximum atomic E-state index is 14.7. The fraction of sp³-hybridized carbons (Fsp3) is 0.105. The van der Waals surface area contributed by atoms with Gasteiger partial charge in [0, 0.05) is 32.9 Å². The predicted octanol–water partition coefficient (Wildman–Crippen LogP) is 11.4. The lowest BCUT2D eigenvalue weighted by Crippen LogP contribution is -2.53. The monoisotopic (exact) mass is 914 g/mol. The van der Waals surface area contributed by atoms with Crippen LogP contribution in [0.3, 0.4) is 0 Å². The number of fused-ring (bicyclic) bond motifs is 2. The van der Waals surface area contributed by atoms with Crippen LogP contribution in [0.1, 0.15) is 49.1 Å². The zero-order valence-electron chi connectivity index (χ0n) is 37.8. The molecule has 2 N–H and O–H groups in total. The number of nitrogens with one attached hydrogen (secondary N) is 2. The van der Waals surface area contributed by atoms with Gasteiger partial charge >= 0.3 is 5.97 Å². The molecule has 0 aliphatic carbocycles. The van der Waals surface area contributed by atoms with Gasteiger partial charge in [0.15, 0.2) is 22.9 Å². The van der Waals surface area contributed by atoms with Crippen LogP contribution in [0.15, 0.2) is 188 Å². The lowest BCUT2D eigenvalue weighted by molar-refractivity contribution is -0.148. The van der Waals surface area contributed by atoms with Crippen molar-refractivity contribution in [2.45, 2.75) is 39.8 Å². The van der Waals surface area contributed by atoms with E-state index in [0.717, 1.165) is 11.1 Å². The Morgan fingerprint density at radius 1 is 0.435 bits per heavy atom. The van der Waals surface area contributed by atoms with Crippen LogP contribution in [0.2, 0.25) is 0 Å². The third kappa shape index (κ3) is 11.0. The molecular formula is C57H46N4O8. The second-order valence-corrected chi connectivity index (χ2v) is 16.0. The molecule has 0 aliphatic heterocycles. The van der Waals surface area contributed by atoms with E-state index in [0.29, 0.717) is 61.5 Å². The van der Waals surface area contributed by atoms with Gasteiger partial charge in [0.2, 0.25) is 6.17 Å². The minimum Gasteiger partial charge on any atom is -0.486 e. The number of hydrogen-bond donors (Lipinski definition) is 2. The van der Waals surface area contributed by atoms with Gasteiger partial charge in [-0.3, -0.25) is 9.59 Å². The zero-order valence-corrected chi connectivity index (χ0v) is 37.8. The number of amides is 2. The molecule has 0 atom stereocenters. The van der Waals surface area contributed by atoms with Crippen LogP contribution in [-0.4, -0.2) is 33.9 Å². The van der Waals surface area contributed by atoms with E-state index in [1.165, 1.54) is 0 Å². The maximum absolute atomic E-state index is 14.7. The van der Waals surface area contributed by atoms with Gasteiger partial charge in [0.25, 0.3) is 11.8 Å². The Morgan fingerprint density at radius 2 is 0.797 bits per heavy atom. The number of nitrogens with zero attached hydrogens (tertiary/aromatic N) is 2. The van der Waals surface area contributed by atoms with Crippen molar-refractivity contribution in [3.05, 3.63) is 228 Å². The average Bonchev–Trinajstić information content (AvgIpc) is 3.38. The Hall–Kier alpha value is -9.03. The summed E-state index contributed by atoms with van der Waals surface area (Å²) in [4.78, 5) is 53.1. The molecule has 0 fully saturated rings. The van der Waals surface area contributed by atoms with Crippen molar-refractivity contribution in [1.29, 1.82) is 0 Å². The average molecular weight is 915 g/mol. The van der Waals surface area contributed by atoms with Gasteiger partial charge in [0.05, 0.1) is 0 Å². The molecule has 7 aromatic carbocycles. The molecule has 12 nitrogen and oxygen atoms in total. The van der Waals surface area contributed by atoms with Crippen LogP contribution in [-0.2, 0) is 29.4 Å². The van der Waals surface area contributed by atoms with Crippen molar-refractivity contribution in [2.24, 2.45) is 0 Å². The Balaban J connectivity index is 1.07. The summed E-state index contributed by atoms with van der Waals surface area (Å²) in [5.74, 6) is 0.149. The van der Waals surface area contributed by atoms with E-state index >= 15 is 0 Å². The Kier molecular flexibility index (Phi) is 13.8. The van der Waals surface area contributed by atoms with Crippen molar-refractivity contribution in [2.75, 3.05) is 0 Å². The largest absolute Gasteiger partial charge is 0.486 e. The second-order valence-electron chi connectivity index (χ2n) is 16.0. The van der Waals surface area contributed by atoms with E-state index in [1.807, 2.05) is 152 Å². The first-order chi connectivity index (χ1) is 33.8. The van der Waals surface area contributed by atoms with Crippen LogP contribution in [0.25, 0.3) is 21.5 Å². The molecule has 2 heterocycles. The van der Waals surface area contributed by atoms with Gasteiger partial charge in [0.1, 0.15) is 42.8 Å². The summed E-state index contributed by atoms with van der Waals surface area (Å²) in [5.41, 5.74) is 3.12. The highest BCUT2D eigenvalue weighted by Crippen LogP contribution is 2.37. The molecule has 2 amide bonds. The SMILES string of the molecule is Cc1nc(C(=O)NC(NC(=O)c2nc(C)c3cc(Oc4ccccc4)ccc3c2OCc2ccccc2)C(=O)OCc2ccccc2)c(OCc2ccccc2)c2ccc(Oc3ccccc3)cc12. The van der Waals surface area contributed by atoms with Crippen molar-refractivity contribution in [3.8, 4) is 34.5 Å². The molecule has 0 unspecified atom stereocenters. The van der Waals surface area contributed by atoms with Crippen LogP contribution in [0.4, 0.5) is 0 Å². The van der Waals surface area contributed by atoms with E-state index in [2.05, 4.69) is 10.6 Å². The number of pyridine rings is 2. The van der Waals surface area contributed by atoms with Gasteiger partial charge in [-0.05, 0) is 91.2 Å². The molecule has 2 aromatic heterocycles. The first kappa shape index (κ1) is 45.1. The maximum Gasteiger partial charge on any atom is 0.350 e. The number of rotatable bonds is 17. The fourth-order valence-electron chi connectivity index (χ4n) is 7.65. The summed E-state index contributed by atoms with van der Waals surface area (Å²) in [6, 6.07) is 57.6. The van der Waals surface area contributed by atoms with E-state index in [4.69, 9.17) is 33.7 Å². The number of esters is 1. The third-order valence-corrected chi connectivity index (χ3v) is 11.1. The number of ether oxygens (including phenoxy) is 5. The lowest BCUT2D eigenvalue weighted by Gasteiger charge is -2.22. The normalized spacial score (nSPS) is 10.9. The molecule has 0 aliphatic rings. The van der Waals surface area contributed by atoms with Crippen LogP contribution >= 0.6 is 0 Å². The quantitative estimate of drug-likeness (QED) is 0.0668. The number of aromatic nitrogens is 2. The van der Waals surface area contributed by atoms with Crippen LogP contribution < -0.4 is 29.6 Å². The van der Waals surface area contributed by atoms with E-state index in [-0.39, 0.29) is 42.7 Å². The predicted molar refractivity (Wildman–Crippen MR) is 262 cm³/mol. The van der Waals surface area contributed by atoms with Crippen molar-refractivity contribution in [3.63, 3.8) is 0 Å². The number of aryl methyl sites for hydroxylation is 2. The van der Waals surface area contributed by atoms with Crippen LogP contribution in [0.5, 0.6) is 34.5 Å². The summed E-state index contributed by atoms with van der Waals surface area (Å²) in [7, 11) is 0. The highest BCUT2D eigenvalue weighted by molar-refractivity contribution is 6.06. The molecule has 12 heteroatoms. The number of hydrogen-bond acceptors (Lipinski definition) is 10. The van der Waals surface area contributed by atoms with Crippen LogP contribution in [0, 0.1) is 13.8 Å². The fourth-order valence-corrected chi connectivity index (χ4v) is 7.65. The van der Waals surface area contributed by atoms with Crippen molar-refractivity contribution in [1.82, 2.24) is 20.6 Å². The van der Waals surface area contributed by atoms with Gasteiger partial charge in [-0.2, -0.15) is 0 Å². The lowest BCUT2D eigenvalue weighted by atomic mass is 10.1. The standard InChI is InChI=1S/C57H46N4O8/c1-37-48-32-44(68-42-24-14-6-15-25-42)28-30-46(48)52(65-34-39-18-8-3-9-19-39)50(58-37)55(62)60-54(57(64)67-36-41-22-12-5-13-23-41)61-56(63)51-53(66-35-40-20-10-4-11-21-40)47-31-29-45(33-49(47)38(2)59-51)69-43-26-16-7-17-27-43/h3-33,54H,34-36H2,1-2H3,(H,60,62)(H,61,63). The molecule has 0 saturated carbocycles. The Morgan fingerprint density at radius 3 is 1.19 bits per heavy atom. The number of carbonyl (C=O) groups is 3. The molecular weight excluding hydrogens is 869 g/mol. The topological polar surface area (TPSA) is 147 Å². The zero-order chi connectivity index (χ0) is 47.5. The smallest absolute Gasteiger partial charge is 0.350 e. The second kappa shape index (κ2) is 21.1. The van der Waals surface area contributed by atoms with Gasteiger partial charge in [-0.15, -0.1) is 0 Å². The number of benzene rings is 7. The number of para-hydroxylation sites is 2. The Labute approximate surface area is 398 Å². The minimum atomic E-state index is -1.74. The van der Waals surface area contributed by atoms with Crippen molar-refractivity contribution < 1.29 is 38.1 Å². The van der Waals surface area contributed by atoms with Gasteiger partial charge in [-0.25, -0.2) is 14.8 Å². The molecule has 0 radical (unpaired) electrons. The van der Waals surface area contributed by atoms with Gasteiger partial charge in [-0.1, -0.05) is 127 Å². The van der Waals surface area contributed by atoms with Gasteiger partial charge < -0.3 is 34.3 Å². The highest BCUT2D eigenvalue weighted by Gasteiger charge is 2.31. The summed E-state index contributed by atoms with van der Waals surface area (Å²) in [6.07, 6.45) is -1.74. The molecule has 0 spiro atoms. The third-order valence-electron chi connectivity index (χ3n) is 11.1. The first-order valence-corrected chi connectivity index (χ1v) is 22.3. The van der Waals surface area contributed by atoms with Crippen molar-refractivity contribution >= 4 is 39.3 Å². The molecule has 9 rings (SSSR count). The van der Waals surface area contributed by atoms with E-state index in [1.54, 1.807) is 50.2 Å². The molecule has 9 aromatic rings. The highest BCUT2D eigenvalue weighted by atomic mass is 16.5. The molecule has 69 heavy (non-hydrogen) atoms. The summed E-state index contributed by atoms with van der Waals surface area (Å²) >= 11 is 0. The summed E-state index contributed by atoms with van der Waals surface area (Å²) in [6.45, 7) is 3.59. The number of carbonyl (C=O) groups excluding carboxylic acids is 3. The Bertz CT molecular complexity index is 3060. The van der Waals surface area contributed by atoms with E-state index < -0.39 is 23.9 Å². The molecule has 342 valence electrons. The minimum absolute atomic E-state index is 0.0983. The molecule has 0 saturated heterocycles. The molecule has 0 bridgehead atoms. The summed E-state index contributed by atoms with van der Waals surface area (Å²) in [5, 5.41) is 7.91.